The summed E-state index contributed by atoms with van der Waals surface area (Å²) in [6.07, 6.45) is 3.30. The van der Waals surface area contributed by atoms with E-state index in [0.29, 0.717) is 11.3 Å². The maximum atomic E-state index is 12.9. The monoisotopic (exact) mass is 324 g/mol. The van der Waals surface area contributed by atoms with E-state index in [-0.39, 0.29) is 18.0 Å². The molecule has 5 heteroatoms. The lowest BCUT2D eigenvalue weighted by molar-refractivity contribution is 0.302. The van der Waals surface area contributed by atoms with E-state index in [9.17, 15) is 9.18 Å². The Balaban J connectivity index is 1.91. The number of nitrogens with zero attached hydrogens (tertiary/aromatic N) is 2. The molecule has 1 aromatic carbocycles. The van der Waals surface area contributed by atoms with Gasteiger partial charge in [-0.05, 0) is 43.7 Å². The van der Waals surface area contributed by atoms with Gasteiger partial charge < -0.3 is 4.74 Å². The van der Waals surface area contributed by atoms with Gasteiger partial charge in [0.2, 0.25) is 0 Å². The van der Waals surface area contributed by atoms with Gasteiger partial charge in [-0.15, -0.1) is 0 Å². The molecular formula is C19H17FN2O2. The summed E-state index contributed by atoms with van der Waals surface area (Å²) in [5, 5.41) is 0. The maximum absolute atomic E-state index is 12.9. The van der Waals surface area contributed by atoms with Crippen LogP contribution >= 0.6 is 0 Å². The quantitative estimate of drug-likeness (QED) is 0.737. The summed E-state index contributed by atoms with van der Waals surface area (Å²) in [7, 11) is 0. The second kappa shape index (κ2) is 6.66. The number of halogens is 1. The molecule has 0 saturated carbocycles. The third-order valence-electron chi connectivity index (χ3n) is 3.81. The fourth-order valence-corrected chi connectivity index (χ4v) is 2.50. The van der Waals surface area contributed by atoms with Crippen molar-refractivity contribution in [3.63, 3.8) is 0 Å². The Bertz CT molecular complexity index is 903. The molecule has 0 atom stereocenters. The molecule has 3 aromatic rings. The Morgan fingerprint density at radius 3 is 2.42 bits per heavy atom. The first-order valence-corrected chi connectivity index (χ1v) is 7.57. The van der Waals surface area contributed by atoms with Crippen molar-refractivity contribution in [1.82, 2.24) is 9.55 Å². The highest BCUT2D eigenvalue weighted by atomic mass is 19.1. The SMILES string of the molecule is Cc1c(OCc2ccc(F)cc2)cc(C)n(-c2ccncc2)c1=O. The van der Waals surface area contributed by atoms with Gasteiger partial charge in [-0.1, -0.05) is 12.1 Å². The molecule has 24 heavy (non-hydrogen) atoms. The summed E-state index contributed by atoms with van der Waals surface area (Å²) >= 11 is 0. The first kappa shape index (κ1) is 15.9. The second-order valence-electron chi connectivity index (χ2n) is 5.54. The van der Waals surface area contributed by atoms with Crippen LogP contribution in [0.2, 0.25) is 0 Å². The van der Waals surface area contributed by atoms with Crippen LogP contribution in [0.5, 0.6) is 5.75 Å². The lowest BCUT2D eigenvalue weighted by atomic mass is 10.2. The number of hydrogen-bond acceptors (Lipinski definition) is 3. The van der Waals surface area contributed by atoms with E-state index >= 15 is 0 Å². The molecule has 0 amide bonds. The average Bonchev–Trinajstić information content (AvgIpc) is 2.59. The summed E-state index contributed by atoms with van der Waals surface area (Å²) < 4.78 is 20.3. The molecule has 0 N–H and O–H groups in total. The van der Waals surface area contributed by atoms with Crippen LogP contribution in [0.25, 0.3) is 5.69 Å². The van der Waals surface area contributed by atoms with Crippen LogP contribution in [0.4, 0.5) is 4.39 Å². The van der Waals surface area contributed by atoms with Crippen molar-refractivity contribution in [1.29, 1.82) is 0 Å². The first-order valence-electron chi connectivity index (χ1n) is 7.57. The van der Waals surface area contributed by atoms with Gasteiger partial charge in [-0.2, -0.15) is 0 Å². The molecule has 3 rings (SSSR count). The maximum Gasteiger partial charge on any atom is 0.261 e. The van der Waals surface area contributed by atoms with Gasteiger partial charge >= 0.3 is 0 Å². The number of hydrogen-bond donors (Lipinski definition) is 0. The van der Waals surface area contributed by atoms with Gasteiger partial charge in [0.25, 0.3) is 5.56 Å². The van der Waals surface area contributed by atoms with Gasteiger partial charge in [0.1, 0.15) is 18.2 Å². The summed E-state index contributed by atoms with van der Waals surface area (Å²) in [6, 6.07) is 11.5. The number of aromatic nitrogens is 2. The van der Waals surface area contributed by atoms with Gasteiger partial charge in [0.15, 0.2) is 0 Å². The van der Waals surface area contributed by atoms with Gasteiger partial charge in [-0.3, -0.25) is 14.3 Å². The van der Waals surface area contributed by atoms with Crippen molar-refractivity contribution in [2.45, 2.75) is 20.5 Å². The fraction of sp³-hybridized carbons (Fsp3) is 0.158. The van der Waals surface area contributed by atoms with Crippen LogP contribution in [-0.2, 0) is 6.61 Å². The molecule has 0 unspecified atom stereocenters. The Morgan fingerprint density at radius 1 is 1.08 bits per heavy atom. The minimum absolute atomic E-state index is 0.129. The average molecular weight is 324 g/mol. The molecule has 122 valence electrons. The van der Waals surface area contributed by atoms with Gasteiger partial charge in [0, 0.05) is 24.2 Å². The van der Waals surface area contributed by atoms with Gasteiger partial charge in [-0.25, -0.2) is 4.39 Å². The molecule has 4 nitrogen and oxygen atoms in total. The molecule has 0 aliphatic rings. The highest BCUT2D eigenvalue weighted by Crippen LogP contribution is 2.19. The van der Waals surface area contributed by atoms with E-state index in [2.05, 4.69) is 4.98 Å². The smallest absolute Gasteiger partial charge is 0.261 e. The highest BCUT2D eigenvalue weighted by Gasteiger charge is 2.12. The van der Waals surface area contributed by atoms with Gasteiger partial charge in [0.05, 0.1) is 11.3 Å². The largest absolute Gasteiger partial charge is 0.488 e. The molecule has 2 aromatic heterocycles. The zero-order valence-corrected chi connectivity index (χ0v) is 13.5. The molecular weight excluding hydrogens is 307 g/mol. The zero-order valence-electron chi connectivity index (χ0n) is 13.5. The molecule has 2 heterocycles. The Hall–Kier alpha value is -2.95. The van der Waals surface area contributed by atoms with Crippen LogP contribution < -0.4 is 10.3 Å². The summed E-state index contributed by atoms with van der Waals surface area (Å²) in [5.41, 5.74) is 2.77. The van der Waals surface area contributed by atoms with Crippen LogP contribution in [0.15, 0.2) is 59.7 Å². The zero-order chi connectivity index (χ0) is 17.1. The van der Waals surface area contributed by atoms with Crippen molar-refractivity contribution in [3.8, 4) is 11.4 Å². The van der Waals surface area contributed by atoms with Crippen molar-refractivity contribution in [2.24, 2.45) is 0 Å². The third-order valence-corrected chi connectivity index (χ3v) is 3.81. The predicted octanol–water partition coefficient (Wildman–Crippen LogP) is 3.57. The third kappa shape index (κ3) is 3.20. The Labute approximate surface area is 139 Å². The van der Waals surface area contributed by atoms with E-state index in [4.69, 9.17) is 4.74 Å². The van der Waals surface area contributed by atoms with E-state index < -0.39 is 0 Å². The second-order valence-corrected chi connectivity index (χ2v) is 5.54. The van der Waals surface area contributed by atoms with E-state index in [1.807, 2.05) is 13.0 Å². The van der Waals surface area contributed by atoms with Crippen molar-refractivity contribution in [2.75, 3.05) is 0 Å². The van der Waals surface area contributed by atoms with Crippen LogP contribution in [0.1, 0.15) is 16.8 Å². The summed E-state index contributed by atoms with van der Waals surface area (Å²) in [5.74, 6) is 0.248. The number of rotatable bonds is 4. The van der Waals surface area contributed by atoms with Crippen LogP contribution in [-0.4, -0.2) is 9.55 Å². The standard InChI is InChI=1S/C19H17FN2O2/c1-13-11-18(24-12-15-3-5-16(20)6-4-15)14(2)19(23)22(13)17-7-9-21-10-8-17/h3-11H,12H2,1-2H3. The summed E-state index contributed by atoms with van der Waals surface area (Å²) in [6.45, 7) is 3.87. The summed E-state index contributed by atoms with van der Waals surface area (Å²) in [4.78, 5) is 16.7. The topological polar surface area (TPSA) is 44.1 Å². The highest BCUT2D eigenvalue weighted by molar-refractivity contribution is 5.39. The molecule has 0 fully saturated rings. The molecule has 0 spiro atoms. The number of benzene rings is 1. The normalized spacial score (nSPS) is 10.6. The molecule has 0 aliphatic carbocycles. The minimum Gasteiger partial charge on any atom is -0.488 e. The number of pyridine rings is 2. The van der Waals surface area contributed by atoms with Crippen LogP contribution in [0, 0.1) is 19.7 Å². The fourth-order valence-electron chi connectivity index (χ4n) is 2.50. The van der Waals surface area contributed by atoms with E-state index in [0.717, 1.165) is 16.9 Å². The molecule has 0 saturated heterocycles. The molecule has 0 aliphatic heterocycles. The van der Waals surface area contributed by atoms with Crippen molar-refractivity contribution >= 4 is 0 Å². The molecule has 0 bridgehead atoms. The Kier molecular flexibility index (Phi) is 4.42. The first-order chi connectivity index (χ1) is 11.6. The molecule has 0 radical (unpaired) electrons. The van der Waals surface area contributed by atoms with E-state index in [1.165, 1.54) is 12.1 Å². The Morgan fingerprint density at radius 2 is 1.75 bits per heavy atom. The van der Waals surface area contributed by atoms with E-state index in [1.54, 1.807) is 48.1 Å². The minimum atomic E-state index is -0.286. The number of ether oxygens (including phenoxy) is 1. The van der Waals surface area contributed by atoms with Crippen molar-refractivity contribution < 1.29 is 9.13 Å². The predicted molar refractivity (Wildman–Crippen MR) is 90.0 cm³/mol. The van der Waals surface area contributed by atoms with Crippen LogP contribution in [0.3, 0.4) is 0 Å². The lowest BCUT2D eigenvalue weighted by Crippen LogP contribution is -2.23. The van der Waals surface area contributed by atoms with Crippen molar-refractivity contribution in [3.05, 3.63) is 87.9 Å². The number of aryl methyl sites for hydroxylation is 1. The lowest BCUT2D eigenvalue weighted by Gasteiger charge is -2.15.